The molecule has 8 nitrogen and oxygen atoms in total. The first-order valence-corrected chi connectivity index (χ1v) is 10.6. The SMILES string of the molecule is CCN(CC)c1ccc(NC(=O)Cn2cnc(-c3ccc4c(c3)OCO4)cc2=O)c(C)c1. The highest BCUT2D eigenvalue weighted by atomic mass is 16.7. The Morgan fingerprint density at radius 1 is 1.09 bits per heavy atom. The number of carbonyl (C=O) groups is 1. The molecule has 0 fully saturated rings. The number of anilines is 2. The summed E-state index contributed by atoms with van der Waals surface area (Å²) in [5, 5.41) is 2.89. The first kappa shape index (κ1) is 21.4. The minimum atomic E-state index is -0.309. The number of aromatic nitrogens is 2. The minimum Gasteiger partial charge on any atom is -0.454 e. The Morgan fingerprint density at radius 3 is 2.59 bits per heavy atom. The third kappa shape index (κ3) is 4.44. The van der Waals surface area contributed by atoms with E-state index in [9.17, 15) is 9.59 Å². The van der Waals surface area contributed by atoms with Gasteiger partial charge in [0.2, 0.25) is 12.7 Å². The fourth-order valence-corrected chi connectivity index (χ4v) is 3.68. The minimum absolute atomic E-state index is 0.121. The predicted octanol–water partition coefficient (Wildman–Crippen LogP) is 3.43. The predicted molar refractivity (Wildman–Crippen MR) is 123 cm³/mol. The van der Waals surface area contributed by atoms with Crippen molar-refractivity contribution in [2.45, 2.75) is 27.3 Å². The molecule has 1 aliphatic heterocycles. The van der Waals surface area contributed by atoms with Crippen LogP contribution in [-0.2, 0) is 11.3 Å². The number of rotatable bonds is 7. The lowest BCUT2D eigenvalue weighted by Crippen LogP contribution is -2.27. The van der Waals surface area contributed by atoms with Crippen LogP contribution in [0.1, 0.15) is 19.4 Å². The number of aryl methyl sites for hydroxylation is 1. The zero-order valence-electron chi connectivity index (χ0n) is 18.4. The van der Waals surface area contributed by atoms with Crippen LogP contribution in [0, 0.1) is 6.92 Å². The molecule has 2 heterocycles. The Bertz CT molecular complexity index is 1200. The van der Waals surface area contributed by atoms with E-state index in [0.29, 0.717) is 17.2 Å². The van der Waals surface area contributed by atoms with E-state index in [1.165, 1.54) is 17.0 Å². The second kappa shape index (κ2) is 9.13. The van der Waals surface area contributed by atoms with E-state index in [2.05, 4.69) is 35.1 Å². The average Bonchev–Trinajstić information content (AvgIpc) is 3.26. The molecular weight excluding hydrogens is 408 g/mol. The summed E-state index contributed by atoms with van der Waals surface area (Å²) in [6.45, 7) is 8.07. The van der Waals surface area contributed by atoms with E-state index in [4.69, 9.17) is 9.47 Å². The standard InChI is InChI=1S/C24H26N4O4/c1-4-27(5-2)18-7-8-19(16(3)10-18)26-23(29)13-28-14-25-20(12-24(28)30)17-6-9-21-22(11-17)32-15-31-21/h6-12,14H,4-5,13,15H2,1-3H3,(H,26,29). The van der Waals surface area contributed by atoms with Crippen molar-refractivity contribution in [3.05, 3.63) is 64.7 Å². The van der Waals surface area contributed by atoms with Gasteiger partial charge in [-0.05, 0) is 62.7 Å². The molecule has 4 rings (SSSR count). The number of nitrogens with zero attached hydrogens (tertiary/aromatic N) is 3. The van der Waals surface area contributed by atoms with Crippen LogP contribution in [0.3, 0.4) is 0 Å². The third-order valence-electron chi connectivity index (χ3n) is 5.47. The van der Waals surface area contributed by atoms with Gasteiger partial charge in [0, 0.05) is 36.1 Å². The molecule has 1 N–H and O–H groups in total. The van der Waals surface area contributed by atoms with Crippen LogP contribution < -0.4 is 25.2 Å². The van der Waals surface area contributed by atoms with Crippen molar-refractivity contribution in [1.29, 1.82) is 0 Å². The highest BCUT2D eigenvalue weighted by molar-refractivity contribution is 5.91. The molecule has 3 aromatic rings. The van der Waals surface area contributed by atoms with Gasteiger partial charge in [-0.1, -0.05) is 0 Å². The van der Waals surface area contributed by atoms with Gasteiger partial charge in [-0.25, -0.2) is 4.98 Å². The van der Waals surface area contributed by atoms with Gasteiger partial charge in [0.25, 0.3) is 5.56 Å². The maximum atomic E-state index is 12.6. The fourth-order valence-electron chi connectivity index (χ4n) is 3.68. The highest BCUT2D eigenvalue weighted by Crippen LogP contribution is 2.35. The largest absolute Gasteiger partial charge is 0.454 e. The van der Waals surface area contributed by atoms with Gasteiger partial charge < -0.3 is 19.7 Å². The van der Waals surface area contributed by atoms with Gasteiger partial charge in [0.1, 0.15) is 6.54 Å². The first-order valence-electron chi connectivity index (χ1n) is 10.6. The van der Waals surface area contributed by atoms with Gasteiger partial charge in [0.15, 0.2) is 11.5 Å². The number of fused-ring (bicyclic) bond motifs is 1. The smallest absolute Gasteiger partial charge is 0.254 e. The summed E-state index contributed by atoms with van der Waals surface area (Å²) in [6, 6.07) is 12.7. The molecule has 2 aromatic carbocycles. The van der Waals surface area contributed by atoms with Crippen LogP contribution in [0.25, 0.3) is 11.3 Å². The molecule has 32 heavy (non-hydrogen) atoms. The number of hydrogen-bond donors (Lipinski definition) is 1. The van der Waals surface area contributed by atoms with Crippen LogP contribution in [-0.4, -0.2) is 35.3 Å². The topological polar surface area (TPSA) is 85.7 Å². The summed E-state index contributed by atoms with van der Waals surface area (Å²) in [4.78, 5) is 31.7. The Hall–Kier alpha value is -3.81. The summed E-state index contributed by atoms with van der Waals surface area (Å²) >= 11 is 0. The molecule has 0 atom stereocenters. The van der Waals surface area contributed by atoms with Gasteiger partial charge in [0.05, 0.1) is 12.0 Å². The van der Waals surface area contributed by atoms with Crippen LogP contribution in [0.5, 0.6) is 11.5 Å². The van der Waals surface area contributed by atoms with Crippen LogP contribution in [0.4, 0.5) is 11.4 Å². The van der Waals surface area contributed by atoms with E-state index in [-0.39, 0.29) is 24.8 Å². The molecule has 1 amide bonds. The first-order chi connectivity index (χ1) is 15.5. The second-order valence-corrected chi connectivity index (χ2v) is 7.53. The zero-order valence-corrected chi connectivity index (χ0v) is 18.4. The number of hydrogen-bond acceptors (Lipinski definition) is 6. The van der Waals surface area contributed by atoms with Gasteiger partial charge >= 0.3 is 0 Å². The molecule has 0 bridgehead atoms. The lowest BCUT2D eigenvalue weighted by atomic mass is 10.1. The Labute approximate surface area is 186 Å². The number of ether oxygens (including phenoxy) is 2. The molecule has 0 aliphatic carbocycles. The van der Waals surface area contributed by atoms with Crippen molar-refractivity contribution >= 4 is 17.3 Å². The summed E-state index contributed by atoms with van der Waals surface area (Å²) < 4.78 is 12.0. The molecule has 1 aliphatic rings. The molecule has 0 unspecified atom stereocenters. The van der Waals surface area contributed by atoms with Crippen LogP contribution >= 0.6 is 0 Å². The van der Waals surface area contributed by atoms with Gasteiger partial charge in [-0.3, -0.25) is 14.2 Å². The van der Waals surface area contributed by atoms with Crippen molar-refractivity contribution in [2.75, 3.05) is 30.1 Å². The lowest BCUT2D eigenvalue weighted by Gasteiger charge is -2.22. The molecule has 0 radical (unpaired) electrons. The normalized spacial score (nSPS) is 12.0. The Balaban J connectivity index is 1.45. The molecule has 166 valence electrons. The fraction of sp³-hybridized carbons (Fsp3) is 0.292. The maximum Gasteiger partial charge on any atom is 0.254 e. The Kier molecular flexibility index (Phi) is 6.11. The third-order valence-corrected chi connectivity index (χ3v) is 5.47. The summed E-state index contributed by atoms with van der Waals surface area (Å²) in [5.74, 6) is 0.998. The van der Waals surface area contributed by atoms with Crippen molar-refractivity contribution in [3.8, 4) is 22.8 Å². The van der Waals surface area contributed by atoms with Crippen molar-refractivity contribution in [3.63, 3.8) is 0 Å². The molecule has 0 spiro atoms. The van der Waals surface area contributed by atoms with E-state index in [1.54, 1.807) is 12.1 Å². The Morgan fingerprint density at radius 2 is 1.88 bits per heavy atom. The van der Waals surface area contributed by atoms with Crippen LogP contribution in [0.15, 0.2) is 53.6 Å². The number of carbonyl (C=O) groups excluding carboxylic acids is 1. The van der Waals surface area contributed by atoms with Crippen molar-refractivity contribution in [2.24, 2.45) is 0 Å². The summed E-state index contributed by atoms with van der Waals surface area (Å²) in [6.07, 6.45) is 1.39. The molecular formula is C24H26N4O4. The summed E-state index contributed by atoms with van der Waals surface area (Å²) in [7, 11) is 0. The highest BCUT2D eigenvalue weighted by Gasteiger charge is 2.15. The van der Waals surface area contributed by atoms with Crippen molar-refractivity contribution in [1.82, 2.24) is 9.55 Å². The summed E-state index contributed by atoms with van der Waals surface area (Å²) in [5.41, 5.74) is 3.75. The molecule has 1 aromatic heterocycles. The molecule has 8 heteroatoms. The molecule has 0 saturated heterocycles. The van der Waals surface area contributed by atoms with E-state index < -0.39 is 0 Å². The zero-order chi connectivity index (χ0) is 22.7. The second-order valence-electron chi connectivity index (χ2n) is 7.53. The van der Waals surface area contributed by atoms with Crippen molar-refractivity contribution < 1.29 is 14.3 Å². The number of amides is 1. The number of nitrogens with one attached hydrogen (secondary N) is 1. The molecule has 0 saturated carbocycles. The van der Waals surface area contributed by atoms with Gasteiger partial charge in [-0.15, -0.1) is 0 Å². The lowest BCUT2D eigenvalue weighted by molar-refractivity contribution is -0.116. The van der Waals surface area contributed by atoms with Gasteiger partial charge in [-0.2, -0.15) is 0 Å². The maximum absolute atomic E-state index is 12.6. The monoisotopic (exact) mass is 434 g/mol. The number of benzene rings is 2. The quantitative estimate of drug-likeness (QED) is 0.613. The van der Waals surface area contributed by atoms with E-state index in [1.807, 2.05) is 25.1 Å². The average molecular weight is 434 g/mol. The van der Waals surface area contributed by atoms with Crippen LogP contribution in [0.2, 0.25) is 0 Å². The van der Waals surface area contributed by atoms with E-state index in [0.717, 1.165) is 35.6 Å². The van der Waals surface area contributed by atoms with E-state index >= 15 is 0 Å².